The number of aliphatic carboxylic acids is 1. The van der Waals surface area contributed by atoms with Gasteiger partial charge in [-0.1, -0.05) is 60.7 Å². The van der Waals surface area contributed by atoms with E-state index in [0.29, 0.717) is 24.1 Å². The van der Waals surface area contributed by atoms with Crippen LogP contribution in [0.2, 0.25) is 0 Å². The Morgan fingerprint density at radius 1 is 0.938 bits per heavy atom. The van der Waals surface area contributed by atoms with Crippen molar-refractivity contribution in [2.45, 2.75) is 26.0 Å². The highest BCUT2D eigenvalue weighted by atomic mass is 19.1. The van der Waals surface area contributed by atoms with Gasteiger partial charge in [-0.3, -0.25) is 4.79 Å². The van der Waals surface area contributed by atoms with E-state index in [9.17, 15) is 14.0 Å². The van der Waals surface area contributed by atoms with Crippen molar-refractivity contribution in [3.05, 3.63) is 94.8 Å². The standard InChI is InChI=1S/C25H22FNO5/c26-23-11-10-20(19-8-6-17(7-9-19)14-24(28)29)22-15-27(13-12-21(22)23)32-25(30)31-16-18-4-2-1-3-5-18/h1-11H,12-16H2,(H,28,29). The average molecular weight is 435 g/mol. The van der Waals surface area contributed by atoms with Gasteiger partial charge in [-0.15, -0.1) is 5.06 Å². The van der Waals surface area contributed by atoms with Crippen LogP contribution in [0, 0.1) is 5.82 Å². The highest BCUT2D eigenvalue weighted by Gasteiger charge is 2.25. The number of carboxylic acids is 1. The topological polar surface area (TPSA) is 76.1 Å². The number of carboxylic acid groups (broad SMARTS) is 1. The minimum Gasteiger partial charge on any atom is -0.481 e. The summed E-state index contributed by atoms with van der Waals surface area (Å²) in [6.07, 6.45) is -0.486. The molecular formula is C25H22FNO5. The lowest BCUT2D eigenvalue weighted by atomic mass is 9.91. The summed E-state index contributed by atoms with van der Waals surface area (Å²) in [6.45, 7) is 0.678. The van der Waals surface area contributed by atoms with E-state index in [1.54, 1.807) is 18.2 Å². The van der Waals surface area contributed by atoms with Crippen molar-refractivity contribution in [2.24, 2.45) is 0 Å². The molecule has 1 aliphatic rings. The van der Waals surface area contributed by atoms with Crippen LogP contribution < -0.4 is 0 Å². The summed E-state index contributed by atoms with van der Waals surface area (Å²) in [6, 6.07) is 19.5. The molecular weight excluding hydrogens is 413 g/mol. The third kappa shape index (κ3) is 5.12. The van der Waals surface area contributed by atoms with Crippen molar-refractivity contribution in [3.63, 3.8) is 0 Å². The Balaban J connectivity index is 1.47. The van der Waals surface area contributed by atoms with E-state index in [4.69, 9.17) is 14.7 Å². The van der Waals surface area contributed by atoms with Crippen LogP contribution in [-0.2, 0) is 40.4 Å². The van der Waals surface area contributed by atoms with Crippen LogP contribution in [0.5, 0.6) is 0 Å². The Kier molecular flexibility index (Phi) is 6.47. The molecule has 4 rings (SSSR count). The fourth-order valence-electron chi connectivity index (χ4n) is 3.78. The smallest absolute Gasteiger partial charge is 0.481 e. The minimum absolute atomic E-state index is 0.0610. The number of halogens is 1. The maximum atomic E-state index is 14.5. The van der Waals surface area contributed by atoms with Crippen LogP contribution in [0.3, 0.4) is 0 Å². The molecule has 32 heavy (non-hydrogen) atoms. The van der Waals surface area contributed by atoms with E-state index in [0.717, 1.165) is 22.3 Å². The Morgan fingerprint density at radius 2 is 1.69 bits per heavy atom. The third-order valence-electron chi connectivity index (χ3n) is 5.34. The van der Waals surface area contributed by atoms with Crippen LogP contribution in [0.4, 0.5) is 9.18 Å². The van der Waals surface area contributed by atoms with Gasteiger partial charge in [-0.2, -0.15) is 0 Å². The molecule has 0 radical (unpaired) electrons. The molecule has 7 heteroatoms. The first-order valence-electron chi connectivity index (χ1n) is 10.2. The zero-order valence-corrected chi connectivity index (χ0v) is 17.3. The number of hydrogen-bond donors (Lipinski definition) is 1. The molecule has 0 aliphatic carbocycles. The molecule has 0 saturated heterocycles. The molecule has 0 bridgehead atoms. The summed E-state index contributed by atoms with van der Waals surface area (Å²) < 4.78 is 19.6. The molecule has 0 fully saturated rings. The average Bonchev–Trinajstić information content (AvgIpc) is 2.79. The monoisotopic (exact) mass is 435 g/mol. The van der Waals surface area contributed by atoms with Gasteiger partial charge in [-0.05, 0) is 45.9 Å². The first-order chi connectivity index (χ1) is 15.5. The van der Waals surface area contributed by atoms with Crippen molar-refractivity contribution in [1.29, 1.82) is 0 Å². The van der Waals surface area contributed by atoms with E-state index < -0.39 is 12.1 Å². The van der Waals surface area contributed by atoms with Gasteiger partial charge in [-0.25, -0.2) is 9.18 Å². The maximum Gasteiger partial charge on any atom is 0.528 e. The highest BCUT2D eigenvalue weighted by molar-refractivity contribution is 5.72. The first-order valence-corrected chi connectivity index (χ1v) is 10.2. The second-order valence-corrected chi connectivity index (χ2v) is 7.55. The largest absolute Gasteiger partial charge is 0.528 e. The molecule has 164 valence electrons. The van der Waals surface area contributed by atoms with E-state index in [1.807, 2.05) is 42.5 Å². The van der Waals surface area contributed by atoms with Gasteiger partial charge in [0.1, 0.15) is 12.4 Å². The molecule has 1 heterocycles. The van der Waals surface area contributed by atoms with E-state index in [2.05, 4.69) is 0 Å². The predicted octanol–water partition coefficient (Wildman–Crippen LogP) is 4.75. The molecule has 0 atom stereocenters. The molecule has 0 saturated carbocycles. The number of ether oxygens (including phenoxy) is 1. The quantitative estimate of drug-likeness (QED) is 0.564. The lowest BCUT2D eigenvalue weighted by Gasteiger charge is -2.29. The highest BCUT2D eigenvalue weighted by Crippen LogP contribution is 2.32. The molecule has 1 N–H and O–H groups in total. The van der Waals surface area contributed by atoms with Gasteiger partial charge >= 0.3 is 12.1 Å². The molecule has 3 aromatic rings. The number of fused-ring (bicyclic) bond motifs is 1. The summed E-state index contributed by atoms with van der Waals surface area (Å²) in [5, 5.41) is 10.4. The summed E-state index contributed by atoms with van der Waals surface area (Å²) in [5.74, 6) is -1.19. The summed E-state index contributed by atoms with van der Waals surface area (Å²) in [5.41, 5.74) is 4.51. The van der Waals surface area contributed by atoms with Gasteiger partial charge in [0, 0.05) is 6.54 Å². The maximum absolute atomic E-state index is 14.5. The van der Waals surface area contributed by atoms with Crippen molar-refractivity contribution >= 4 is 12.1 Å². The van der Waals surface area contributed by atoms with Crippen LogP contribution in [-0.4, -0.2) is 28.8 Å². The first kappa shape index (κ1) is 21.5. The molecule has 0 amide bonds. The van der Waals surface area contributed by atoms with Crippen molar-refractivity contribution in [3.8, 4) is 11.1 Å². The van der Waals surface area contributed by atoms with Crippen molar-refractivity contribution in [2.75, 3.05) is 6.54 Å². The Labute approximate surface area is 184 Å². The summed E-state index contributed by atoms with van der Waals surface area (Å²) in [4.78, 5) is 28.4. The Hall–Kier alpha value is -3.71. The predicted molar refractivity (Wildman–Crippen MR) is 115 cm³/mol. The number of benzene rings is 3. The van der Waals surface area contributed by atoms with Gasteiger partial charge in [0.15, 0.2) is 0 Å². The number of rotatable bonds is 6. The van der Waals surface area contributed by atoms with Crippen LogP contribution in [0.25, 0.3) is 11.1 Å². The number of carbonyl (C=O) groups is 2. The molecule has 6 nitrogen and oxygen atoms in total. The van der Waals surface area contributed by atoms with Crippen LogP contribution in [0.15, 0.2) is 66.7 Å². The zero-order valence-electron chi connectivity index (χ0n) is 17.3. The summed E-state index contributed by atoms with van der Waals surface area (Å²) in [7, 11) is 0. The van der Waals surface area contributed by atoms with E-state index >= 15 is 0 Å². The number of nitrogens with zero attached hydrogens (tertiary/aromatic N) is 1. The second kappa shape index (κ2) is 9.62. The molecule has 0 unspecified atom stereocenters. The van der Waals surface area contributed by atoms with Gasteiger partial charge in [0.2, 0.25) is 0 Å². The third-order valence-corrected chi connectivity index (χ3v) is 5.34. The molecule has 3 aromatic carbocycles. The van der Waals surface area contributed by atoms with Crippen LogP contribution >= 0.6 is 0 Å². The SMILES string of the molecule is O=C(O)Cc1ccc(-c2ccc(F)c3c2CN(OC(=O)OCc2ccccc2)CC3)cc1. The fourth-order valence-corrected chi connectivity index (χ4v) is 3.78. The molecule has 1 aliphatic heterocycles. The number of hydroxylamine groups is 2. The van der Waals surface area contributed by atoms with Gasteiger partial charge < -0.3 is 14.7 Å². The number of hydrogen-bond acceptors (Lipinski definition) is 5. The second-order valence-electron chi connectivity index (χ2n) is 7.55. The molecule has 0 spiro atoms. The van der Waals surface area contributed by atoms with Crippen LogP contribution in [0.1, 0.15) is 22.3 Å². The van der Waals surface area contributed by atoms with E-state index in [1.165, 1.54) is 11.1 Å². The summed E-state index contributed by atoms with van der Waals surface area (Å²) >= 11 is 0. The van der Waals surface area contributed by atoms with E-state index in [-0.39, 0.29) is 25.4 Å². The number of carbonyl (C=O) groups excluding carboxylic acids is 1. The van der Waals surface area contributed by atoms with Gasteiger partial charge in [0.25, 0.3) is 0 Å². The normalized spacial score (nSPS) is 13.3. The van der Waals surface area contributed by atoms with Crippen molar-refractivity contribution < 1.29 is 28.7 Å². The Bertz CT molecular complexity index is 1120. The Morgan fingerprint density at radius 3 is 2.41 bits per heavy atom. The minimum atomic E-state index is -0.899. The van der Waals surface area contributed by atoms with Gasteiger partial charge in [0.05, 0.1) is 13.0 Å². The molecule has 0 aromatic heterocycles. The zero-order chi connectivity index (χ0) is 22.5. The lowest BCUT2D eigenvalue weighted by molar-refractivity contribution is -0.139. The van der Waals surface area contributed by atoms with Crippen molar-refractivity contribution in [1.82, 2.24) is 5.06 Å². The fraction of sp³-hybridized carbons (Fsp3) is 0.200. The lowest BCUT2D eigenvalue weighted by Crippen LogP contribution is -2.34.